The average molecular weight is 499 g/mol. The third kappa shape index (κ3) is 4.56. The van der Waals surface area contributed by atoms with E-state index in [1.165, 1.54) is 41.0 Å². The fraction of sp³-hybridized carbons (Fsp3) is 0.240. The lowest BCUT2D eigenvalue weighted by molar-refractivity contribution is 0.0929. The molecule has 0 saturated heterocycles. The number of hydrogen-bond acceptors (Lipinski definition) is 4. The Balaban J connectivity index is 1.55. The second kappa shape index (κ2) is 9.24. The van der Waals surface area contributed by atoms with Crippen molar-refractivity contribution in [1.82, 2.24) is 19.9 Å². The van der Waals surface area contributed by atoms with Crippen LogP contribution in [0, 0.1) is 11.6 Å². The van der Waals surface area contributed by atoms with Gasteiger partial charge in [-0.15, -0.1) is 5.10 Å². The first kappa shape index (κ1) is 23.2. The Kier molecular flexibility index (Phi) is 6.12. The molecule has 1 amide bonds. The van der Waals surface area contributed by atoms with Crippen LogP contribution in [0.5, 0.6) is 0 Å². The fourth-order valence-corrected chi connectivity index (χ4v) is 4.35. The van der Waals surface area contributed by atoms with Gasteiger partial charge in [-0.3, -0.25) is 9.59 Å². The molecule has 0 aliphatic heterocycles. The summed E-state index contributed by atoms with van der Waals surface area (Å²) < 4.78 is 28.7. The van der Waals surface area contributed by atoms with Gasteiger partial charge in [0.25, 0.3) is 11.5 Å². The molecule has 1 aliphatic carbocycles. The zero-order valence-corrected chi connectivity index (χ0v) is 19.1. The van der Waals surface area contributed by atoms with E-state index in [0.717, 1.165) is 12.8 Å². The summed E-state index contributed by atoms with van der Waals surface area (Å²) in [7, 11) is 0. The number of rotatable bonds is 7. The molecular formula is C25H21ClF2N4O3. The smallest absolute Gasteiger partial charge is 0.275 e. The Labute approximate surface area is 203 Å². The summed E-state index contributed by atoms with van der Waals surface area (Å²) in [5.41, 5.74) is 1.70. The molecule has 0 unspecified atom stereocenters. The van der Waals surface area contributed by atoms with Crippen LogP contribution in [0.2, 0.25) is 5.02 Å². The number of halogens is 3. The summed E-state index contributed by atoms with van der Waals surface area (Å²) in [6, 6.07) is 9.22. The van der Waals surface area contributed by atoms with Crippen molar-refractivity contribution in [3.63, 3.8) is 0 Å². The minimum Gasteiger partial charge on any atom is -0.396 e. The van der Waals surface area contributed by atoms with Gasteiger partial charge in [0, 0.05) is 23.9 Å². The summed E-state index contributed by atoms with van der Waals surface area (Å²) in [5.74, 6) is -1.30. The maximum Gasteiger partial charge on any atom is 0.275 e. The Morgan fingerprint density at radius 1 is 1.23 bits per heavy atom. The Hall–Kier alpha value is -3.56. The Bertz CT molecular complexity index is 1480. The van der Waals surface area contributed by atoms with Gasteiger partial charge in [0.15, 0.2) is 5.82 Å². The van der Waals surface area contributed by atoms with E-state index in [1.54, 1.807) is 12.1 Å². The molecule has 10 heteroatoms. The van der Waals surface area contributed by atoms with Crippen LogP contribution in [0.3, 0.4) is 0 Å². The van der Waals surface area contributed by atoms with Crippen molar-refractivity contribution >= 4 is 23.0 Å². The number of hydrogen-bond donors (Lipinski definition) is 3. The minimum absolute atomic E-state index is 0.0459. The monoisotopic (exact) mass is 498 g/mol. The highest BCUT2D eigenvalue weighted by molar-refractivity contribution is 6.30. The van der Waals surface area contributed by atoms with E-state index in [4.69, 9.17) is 11.6 Å². The number of carbonyl (C=O) groups excluding carboxylic acids is 1. The summed E-state index contributed by atoms with van der Waals surface area (Å²) in [6.45, 7) is -0.183. The number of aromatic nitrogens is 3. The van der Waals surface area contributed by atoms with Crippen molar-refractivity contribution in [2.75, 3.05) is 6.61 Å². The molecule has 0 radical (unpaired) electrons. The number of fused-ring (bicyclic) bond motifs is 1. The maximum atomic E-state index is 14.0. The van der Waals surface area contributed by atoms with Crippen LogP contribution in [-0.4, -0.2) is 32.2 Å². The summed E-state index contributed by atoms with van der Waals surface area (Å²) >= 11 is 5.76. The molecule has 1 atom stereocenters. The number of benzene rings is 2. The normalized spacial score (nSPS) is 14.3. The van der Waals surface area contributed by atoms with Gasteiger partial charge >= 0.3 is 0 Å². The number of aromatic amines is 1. The molecule has 1 saturated carbocycles. The first-order valence-corrected chi connectivity index (χ1v) is 11.5. The van der Waals surface area contributed by atoms with Gasteiger partial charge < -0.3 is 15.4 Å². The van der Waals surface area contributed by atoms with Crippen molar-refractivity contribution in [3.8, 4) is 11.4 Å². The van der Waals surface area contributed by atoms with Gasteiger partial charge in [0.1, 0.15) is 17.2 Å². The zero-order chi connectivity index (χ0) is 24.7. The van der Waals surface area contributed by atoms with Gasteiger partial charge in [-0.05, 0) is 61.1 Å². The van der Waals surface area contributed by atoms with E-state index in [0.29, 0.717) is 22.3 Å². The van der Waals surface area contributed by atoms with Gasteiger partial charge in [0.2, 0.25) is 0 Å². The van der Waals surface area contributed by atoms with Crippen molar-refractivity contribution in [2.45, 2.75) is 31.2 Å². The highest BCUT2D eigenvalue weighted by Crippen LogP contribution is 2.43. The lowest BCUT2D eigenvalue weighted by atomic mass is 10.0. The highest BCUT2D eigenvalue weighted by atomic mass is 35.5. The quantitative estimate of drug-likeness (QED) is 0.352. The average Bonchev–Trinajstić information content (AvgIpc) is 3.60. The van der Waals surface area contributed by atoms with Gasteiger partial charge in [0.05, 0.1) is 16.6 Å². The molecule has 1 aliphatic rings. The van der Waals surface area contributed by atoms with Crippen LogP contribution < -0.4 is 10.9 Å². The third-order valence-corrected chi connectivity index (χ3v) is 6.41. The van der Waals surface area contributed by atoms with E-state index in [1.807, 2.05) is 0 Å². The molecule has 7 nitrogen and oxygen atoms in total. The van der Waals surface area contributed by atoms with E-state index in [-0.39, 0.29) is 35.3 Å². The number of carbonyl (C=O) groups is 1. The number of aliphatic hydroxyl groups excluding tert-OH is 1. The first-order chi connectivity index (χ1) is 16.9. The Morgan fingerprint density at radius 3 is 2.63 bits per heavy atom. The molecule has 180 valence electrons. The Morgan fingerprint density at radius 2 is 1.97 bits per heavy atom. The molecule has 0 bridgehead atoms. The van der Waals surface area contributed by atoms with Crippen molar-refractivity contribution < 1.29 is 18.7 Å². The van der Waals surface area contributed by atoms with Crippen LogP contribution in [0.25, 0.3) is 16.9 Å². The second-order valence-corrected chi connectivity index (χ2v) is 8.95. The molecule has 2 heterocycles. The van der Waals surface area contributed by atoms with Gasteiger partial charge in [-0.1, -0.05) is 23.7 Å². The van der Waals surface area contributed by atoms with E-state index in [9.17, 15) is 23.5 Å². The lowest BCUT2D eigenvalue weighted by Crippen LogP contribution is -2.29. The summed E-state index contributed by atoms with van der Waals surface area (Å²) in [5, 5.41) is 16.8. The fourth-order valence-electron chi connectivity index (χ4n) is 4.23. The largest absolute Gasteiger partial charge is 0.396 e. The molecule has 0 spiro atoms. The SMILES string of the molecule is O=C(N[C@H](CCO)c1ccc(F)cc1)c1cn2nc(-c3ccc(Cl)c(F)c3)[nH]c(=O)c2c1C1CC1. The number of nitrogens with one attached hydrogen (secondary N) is 2. The number of H-pyrrole nitrogens is 1. The van der Waals surface area contributed by atoms with Crippen LogP contribution in [0.15, 0.2) is 53.5 Å². The first-order valence-electron chi connectivity index (χ1n) is 11.1. The molecule has 1 fully saturated rings. The van der Waals surface area contributed by atoms with Crippen molar-refractivity contribution in [2.24, 2.45) is 0 Å². The molecule has 5 rings (SSSR count). The highest BCUT2D eigenvalue weighted by Gasteiger charge is 2.34. The second-order valence-electron chi connectivity index (χ2n) is 8.55. The summed E-state index contributed by atoms with van der Waals surface area (Å²) in [4.78, 5) is 29.1. The molecule has 2 aromatic heterocycles. The minimum atomic E-state index is -0.645. The van der Waals surface area contributed by atoms with Crippen LogP contribution >= 0.6 is 11.6 Å². The standard InChI is InChI=1S/C25H21ClF2N4O3/c26-18-8-5-15(11-19(18)28)23-30-25(35)22-21(14-1-2-14)17(12-32(22)31-23)24(34)29-20(9-10-33)13-3-6-16(27)7-4-13/h3-8,11-12,14,20,33H,1-2,9-10H2,(H,29,34)(H,30,31,35)/t20-/m1/s1. The third-order valence-electron chi connectivity index (χ3n) is 6.10. The van der Waals surface area contributed by atoms with Gasteiger partial charge in [-0.2, -0.15) is 0 Å². The van der Waals surface area contributed by atoms with E-state index in [2.05, 4.69) is 15.4 Å². The number of amides is 1. The van der Waals surface area contributed by atoms with Crippen molar-refractivity contribution in [3.05, 3.63) is 92.4 Å². The van der Waals surface area contributed by atoms with Crippen LogP contribution in [0.1, 0.15) is 52.7 Å². The predicted octanol–water partition coefficient (Wildman–Crippen LogP) is 4.35. The van der Waals surface area contributed by atoms with Crippen LogP contribution in [0.4, 0.5) is 8.78 Å². The molecule has 3 N–H and O–H groups in total. The van der Waals surface area contributed by atoms with Gasteiger partial charge in [-0.25, -0.2) is 13.3 Å². The summed E-state index contributed by atoms with van der Waals surface area (Å²) in [6.07, 6.45) is 3.39. The lowest BCUT2D eigenvalue weighted by Gasteiger charge is -2.18. The zero-order valence-electron chi connectivity index (χ0n) is 18.4. The number of nitrogens with zero attached hydrogens (tertiary/aromatic N) is 2. The van der Waals surface area contributed by atoms with E-state index >= 15 is 0 Å². The topological polar surface area (TPSA) is 99.5 Å². The molecule has 35 heavy (non-hydrogen) atoms. The van der Waals surface area contributed by atoms with E-state index < -0.39 is 29.1 Å². The molecular weight excluding hydrogens is 478 g/mol. The predicted molar refractivity (Wildman–Crippen MR) is 127 cm³/mol. The molecule has 2 aromatic carbocycles. The number of aliphatic hydroxyl groups is 1. The van der Waals surface area contributed by atoms with Crippen molar-refractivity contribution in [1.29, 1.82) is 0 Å². The molecule has 4 aromatic rings. The van der Waals surface area contributed by atoms with Crippen LogP contribution in [-0.2, 0) is 0 Å². The maximum absolute atomic E-state index is 14.0.